The SMILES string of the molecule is C[C@@H]1C[C@@H]2[C@@H](N)C[C@H](C(F)(F)F)C[C@H]2O1. The molecule has 2 fully saturated rings. The number of alkyl halides is 3. The Morgan fingerprint density at radius 2 is 1.87 bits per heavy atom. The van der Waals surface area contributed by atoms with Gasteiger partial charge in [0.25, 0.3) is 0 Å². The van der Waals surface area contributed by atoms with Gasteiger partial charge in [-0.25, -0.2) is 0 Å². The van der Waals surface area contributed by atoms with Gasteiger partial charge in [-0.3, -0.25) is 0 Å². The molecular formula is C10H16F3NO. The molecule has 15 heavy (non-hydrogen) atoms. The van der Waals surface area contributed by atoms with Crippen molar-refractivity contribution in [1.29, 1.82) is 0 Å². The van der Waals surface area contributed by atoms with E-state index in [4.69, 9.17) is 10.5 Å². The summed E-state index contributed by atoms with van der Waals surface area (Å²) in [5, 5.41) is 0. The van der Waals surface area contributed by atoms with Crippen molar-refractivity contribution >= 4 is 0 Å². The zero-order valence-corrected chi connectivity index (χ0v) is 8.63. The van der Waals surface area contributed by atoms with Crippen molar-refractivity contribution < 1.29 is 17.9 Å². The number of rotatable bonds is 0. The molecule has 0 unspecified atom stereocenters. The van der Waals surface area contributed by atoms with E-state index in [1.54, 1.807) is 0 Å². The quantitative estimate of drug-likeness (QED) is 0.682. The smallest absolute Gasteiger partial charge is 0.375 e. The third kappa shape index (κ3) is 2.13. The van der Waals surface area contributed by atoms with Gasteiger partial charge in [0.15, 0.2) is 0 Å². The fourth-order valence-electron chi connectivity index (χ4n) is 2.82. The molecule has 2 rings (SSSR count). The van der Waals surface area contributed by atoms with Crippen LogP contribution in [-0.2, 0) is 4.74 Å². The van der Waals surface area contributed by atoms with E-state index in [0.717, 1.165) is 6.42 Å². The summed E-state index contributed by atoms with van der Waals surface area (Å²) < 4.78 is 43.2. The first kappa shape index (κ1) is 11.2. The van der Waals surface area contributed by atoms with Crippen LogP contribution in [0.5, 0.6) is 0 Å². The first-order valence-electron chi connectivity index (χ1n) is 5.35. The van der Waals surface area contributed by atoms with Gasteiger partial charge in [-0.05, 0) is 26.2 Å². The second kappa shape index (κ2) is 3.63. The molecule has 5 heteroatoms. The highest BCUT2D eigenvalue weighted by molar-refractivity contribution is 4.95. The van der Waals surface area contributed by atoms with Gasteiger partial charge >= 0.3 is 6.18 Å². The number of fused-ring (bicyclic) bond motifs is 1. The van der Waals surface area contributed by atoms with Crippen LogP contribution in [0.15, 0.2) is 0 Å². The maximum atomic E-state index is 12.6. The summed E-state index contributed by atoms with van der Waals surface area (Å²) in [6.07, 6.45) is -3.41. The lowest BCUT2D eigenvalue weighted by Crippen LogP contribution is -2.46. The van der Waals surface area contributed by atoms with Crippen LogP contribution in [0.1, 0.15) is 26.2 Å². The zero-order chi connectivity index (χ0) is 11.2. The lowest BCUT2D eigenvalue weighted by molar-refractivity contribution is -0.194. The van der Waals surface area contributed by atoms with Crippen LogP contribution in [0, 0.1) is 11.8 Å². The molecule has 1 aliphatic heterocycles. The summed E-state index contributed by atoms with van der Waals surface area (Å²) in [6.45, 7) is 1.90. The number of ether oxygens (including phenoxy) is 1. The Labute approximate surface area is 87.0 Å². The van der Waals surface area contributed by atoms with Gasteiger partial charge in [-0.2, -0.15) is 13.2 Å². The minimum absolute atomic E-state index is 0.0537. The number of hydrogen-bond donors (Lipinski definition) is 1. The van der Waals surface area contributed by atoms with E-state index < -0.39 is 12.1 Å². The van der Waals surface area contributed by atoms with Crippen molar-refractivity contribution in [3.05, 3.63) is 0 Å². The van der Waals surface area contributed by atoms with Gasteiger partial charge in [-0.15, -0.1) is 0 Å². The topological polar surface area (TPSA) is 35.2 Å². The van der Waals surface area contributed by atoms with Gasteiger partial charge in [0.2, 0.25) is 0 Å². The van der Waals surface area contributed by atoms with Gasteiger partial charge in [0, 0.05) is 12.0 Å². The normalized spacial score (nSPS) is 46.6. The number of hydrogen-bond acceptors (Lipinski definition) is 2. The van der Waals surface area contributed by atoms with E-state index in [-0.39, 0.29) is 37.0 Å². The minimum Gasteiger partial charge on any atom is -0.375 e. The molecule has 0 amide bonds. The molecule has 2 N–H and O–H groups in total. The molecule has 1 aliphatic carbocycles. The van der Waals surface area contributed by atoms with E-state index in [1.807, 2.05) is 6.92 Å². The molecule has 0 radical (unpaired) electrons. The zero-order valence-electron chi connectivity index (χ0n) is 8.63. The summed E-state index contributed by atoms with van der Waals surface area (Å²) >= 11 is 0. The van der Waals surface area contributed by atoms with Crippen molar-refractivity contribution in [1.82, 2.24) is 0 Å². The Morgan fingerprint density at radius 3 is 2.47 bits per heavy atom. The van der Waals surface area contributed by atoms with Crippen LogP contribution in [0.4, 0.5) is 13.2 Å². The van der Waals surface area contributed by atoms with Gasteiger partial charge in [-0.1, -0.05) is 0 Å². The first-order chi connectivity index (χ1) is 6.88. The van der Waals surface area contributed by atoms with Crippen LogP contribution in [0.2, 0.25) is 0 Å². The molecule has 2 aliphatic rings. The minimum atomic E-state index is -4.13. The Morgan fingerprint density at radius 1 is 1.20 bits per heavy atom. The Kier molecular flexibility index (Phi) is 2.71. The molecule has 0 aromatic heterocycles. The van der Waals surface area contributed by atoms with E-state index in [9.17, 15) is 13.2 Å². The van der Waals surface area contributed by atoms with Crippen molar-refractivity contribution in [2.75, 3.05) is 0 Å². The highest BCUT2D eigenvalue weighted by Crippen LogP contribution is 2.44. The fourth-order valence-corrected chi connectivity index (χ4v) is 2.82. The molecule has 0 aromatic carbocycles. The van der Waals surface area contributed by atoms with Crippen LogP contribution >= 0.6 is 0 Å². The van der Waals surface area contributed by atoms with Crippen LogP contribution in [-0.4, -0.2) is 24.4 Å². The van der Waals surface area contributed by atoms with Gasteiger partial charge in [0.05, 0.1) is 18.1 Å². The fraction of sp³-hybridized carbons (Fsp3) is 1.00. The van der Waals surface area contributed by atoms with Gasteiger partial charge in [0.1, 0.15) is 0 Å². The summed E-state index contributed by atoms with van der Waals surface area (Å²) in [4.78, 5) is 0. The Hall–Kier alpha value is -0.290. The molecule has 5 atom stereocenters. The second-order valence-corrected chi connectivity index (χ2v) is 4.76. The summed E-state index contributed by atoms with van der Waals surface area (Å²) in [7, 11) is 0. The molecular weight excluding hydrogens is 207 g/mol. The highest BCUT2D eigenvalue weighted by atomic mass is 19.4. The number of halogens is 3. The molecule has 2 nitrogen and oxygen atoms in total. The monoisotopic (exact) mass is 223 g/mol. The molecule has 0 aromatic rings. The lowest BCUT2D eigenvalue weighted by Gasteiger charge is -2.36. The van der Waals surface area contributed by atoms with E-state index >= 15 is 0 Å². The highest BCUT2D eigenvalue weighted by Gasteiger charge is 2.50. The van der Waals surface area contributed by atoms with Crippen molar-refractivity contribution in [2.24, 2.45) is 17.6 Å². The lowest BCUT2D eigenvalue weighted by atomic mass is 9.76. The third-order valence-electron chi connectivity index (χ3n) is 3.58. The molecule has 88 valence electrons. The summed E-state index contributed by atoms with van der Waals surface area (Å²) in [5.74, 6) is -1.15. The number of nitrogens with two attached hydrogens (primary N) is 1. The maximum absolute atomic E-state index is 12.6. The standard InChI is InChI=1S/C10H16F3NO/c1-5-2-7-8(14)3-6(10(11,12)13)4-9(7)15-5/h5-9H,2-4,14H2,1H3/t5-,6+,7-,8+,9-/m1/s1. The molecule has 1 saturated carbocycles. The predicted octanol–water partition coefficient (Wildman–Crippen LogP) is 2.08. The van der Waals surface area contributed by atoms with Crippen molar-refractivity contribution in [2.45, 2.75) is 50.6 Å². The van der Waals surface area contributed by atoms with Crippen LogP contribution in [0.3, 0.4) is 0 Å². The average molecular weight is 223 g/mol. The predicted molar refractivity (Wildman–Crippen MR) is 49.2 cm³/mol. The molecule has 0 spiro atoms. The molecule has 0 bridgehead atoms. The summed E-state index contributed by atoms with van der Waals surface area (Å²) in [5.41, 5.74) is 5.79. The van der Waals surface area contributed by atoms with Crippen LogP contribution < -0.4 is 5.73 Å². The Bertz CT molecular complexity index is 243. The summed E-state index contributed by atoms with van der Waals surface area (Å²) in [6, 6.07) is -0.361. The van der Waals surface area contributed by atoms with E-state index in [2.05, 4.69) is 0 Å². The van der Waals surface area contributed by atoms with Gasteiger partial charge < -0.3 is 10.5 Å². The molecule has 1 heterocycles. The van der Waals surface area contributed by atoms with Crippen LogP contribution in [0.25, 0.3) is 0 Å². The second-order valence-electron chi connectivity index (χ2n) is 4.76. The van der Waals surface area contributed by atoms with E-state index in [1.165, 1.54) is 0 Å². The average Bonchev–Trinajstić information content (AvgIpc) is 2.44. The first-order valence-corrected chi connectivity index (χ1v) is 5.35. The third-order valence-corrected chi connectivity index (χ3v) is 3.58. The largest absolute Gasteiger partial charge is 0.391 e. The van der Waals surface area contributed by atoms with E-state index in [0.29, 0.717) is 0 Å². The molecule has 1 saturated heterocycles. The van der Waals surface area contributed by atoms with Crippen molar-refractivity contribution in [3.8, 4) is 0 Å². The van der Waals surface area contributed by atoms with Crippen molar-refractivity contribution in [3.63, 3.8) is 0 Å². The Balaban J connectivity index is 2.07. The maximum Gasteiger partial charge on any atom is 0.391 e.